The number of nitrogens with zero attached hydrogens (tertiary/aromatic N) is 4. The standard InChI is InChI=1S/C13H10F3N5/c14-13(15,16)5-8-1-3-10(18-6-8)11-4-2-9-7-19-12(17)20-21(9)11/h1-4,6-7H,5H2,(H2,17,20). The van der Waals surface area contributed by atoms with Gasteiger partial charge in [-0.2, -0.15) is 13.2 Å². The molecular formula is C13H10F3N5. The molecule has 0 spiro atoms. The van der Waals surface area contributed by atoms with Gasteiger partial charge in [0.2, 0.25) is 5.95 Å². The number of alkyl halides is 3. The Hall–Kier alpha value is -2.64. The molecule has 0 aromatic carbocycles. The lowest BCUT2D eigenvalue weighted by Gasteiger charge is -2.07. The summed E-state index contributed by atoms with van der Waals surface area (Å²) >= 11 is 0. The average molecular weight is 293 g/mol. The van der Waals surface area contributed by atoms with E-state index in [2.05, 4.69) is 15.1 Å². The highest BCUT2D eigenvalue weighted by atomic mass is 19.4. The average Bonchev–Trinajstić information content (AvgIpc) is 2.81. The van der Waals surface area contributed by atoms with Crippen LogP contribution in [-0.2, 0) is 6.42 Å². The summed E-state index contributed by atoms with van der Waals surface area (Å²) in [7, 11) is 0. The molecule has 108 valence electrons. The lowest BCUT2D eigenvalue weighted by Crippen LogP contribution is -2.11. The molecule has 0 radical (unpaired) electrons. The second-order valence-electron chi connectivity index (χ2n) is 4.52. The van der Waals surface area contributed by atoms with Gasteiger partial charge in [0.15, 0.2) is 0 Å². The van der Waals surface area contributed by atoms with Crippen molar-refractivity contribution in [2.24, 2.45) is 0 Å². The van der Waals surface area contributed by atoms with E-state index in [0.717, 1.165) is 5.52 Å². The summed E-state index contributed by atoms with van der Waals surface area (Å²) in [5.74, 6) is 0.105. The Labute approximate surface area is 117 Å². The third-order valence-electron chi connectivity index (χ3n) is 2.91. The highest BCUT2D eigenvalue weighted by molar-refractivity contribution is 5.63. The molecule has 0 amide bonds. The van der Waals surface area contributed by atoms with Gasteiger partial charge in [-0.3, -0.25) is 4.98 Å². The van der Waals surface area contributed by atoms with Crippen molar-refractivity contribution in [1.29, 1.82) is 0 Å². The second-order valence-corrected chi connectivity index (χ2v) is 4.52. The smallest absolute Gasteiger partial charge is 0.367 e. The molecule has 0 unspecified atom stereocenters. The van der Waals surface area contributed by atoms with Crippen LogP contribution < -0.4 is 5.73 Å². The summed E-state index contributed by atoms with van der Waals surface area (Å²) < 4.78 is 38.5. The fourth-order valence-electron chi connectivity index (χ4n) is 2.02. The lowest BCUT2D eigenvalue weighted by molar-refractivity contribution is -0.127. The molecule has 0 fully saturated rings. The van der Waals surface area contributed by atoms with Crippen LogP contribution in [0, 0.1) is 0 Å². The Morgan fingerprint density at radius 2 is 1.86 bits per heavy atom. The predicted molar refractivity (Wildman–Crippen MR) is 70.4 cm³/mol. The van der Waals surface area contributed by atoms with Crippen LogP contribution in [0.5, 0.6) is 0 Å². The second kappa shape index (κ2) is 4.72. The summed E-state index contributed by atoms with van der Waals surface area (Å²) in [6.07, 6.45) is -2.46. The van der Waals surface area contributed by atoms with Crippen LogP contribution in [0.1, 0.15) is 5.56 Å². The minimum atomic E-state index is -4.24. The van der Waals surface area contributed by atoms with E-state index < -0.39 is 12.6 Å². The molecule has 3 rings (SSSR count). The molecule has 3 heterocycles. The van der Waals surface area contributed by atoms with Crippen LogP contribution in [-0.4, -0.2) is 25.8 Å². The fourth-order valence-corrected chi connectivity index (χ4v) is 2.02. The Morgan fingerprint density at radius 1 is 1.05 bits per heavy atom. The third-order valence-corrected chi connectivity index (χ3v) is 2.91. The SMILES string of the molecule is Nc1ncc2ccc(-c3ccc(CC(F)(F)F)cn3)n2n1. The van der Waals surface area contributed by atoms with Crippen LogP contribution in [0.15, 0.2) is 36.7 Å². The molecule has 0 saturated carbocycles. The molecule has 0 aliphatic rings. The zero-order valence-electron chi connectivity index (χ0n) is 10.7. The molecule has 0 bridgehead atoms. The minimum Gasteiger partial charge on any atom is -0.367 e. The van der Waals surface area contributed by atoms with Gasteiger partial charge in [-0.25, -0.2) is 9.50 Å². The highest BCUT2D eigenvalue weighted by Crippen LogP contribution is 2.23. The maximum absolute atomic E-state index is 12.3. The number of fused-ring (bicyclic) bond motifs is 1. The number of pyridine rings is 1. The normalized spacial score (nSPS) is 12.0. The molecule has 21 heavy (non-hydrogen) atoms. The van der Waals surface area contributed by atoms with Crippen molar-refractivity contribution in [3.8, 4) is 11.4 Å². The van der Waals surface area contributed by atoms with Crippen LogP contribution in [0.4, 0.5) is 19.1 Å². The number of rotatable bonds is 2. The minimum absolute atomic E-state index is 0.105. The van der Waals surface area contributed by atoms with Crippen molar-refractivity contribution in [1.82, 2.24) is 19.6 Å². The van der Waals surface area contributed by atoms with Crippen molar-refractivity contribution in [2.75, 3.05) is 5.73 Å². The van der Waals surface area contributed by atoms with E-state index >= 15 is 0 Å². The van der Waals surface area contributed by atoms with Gasteiger partial charge in [0, 0.05) is 6.20 Å². The van der Waals surface area contributed by atoms with Crippen LogP contribution in [0.3, 0.4) is 0 Å². The van der Waals surface area contributed by atoms with E-state index in [1.165, 1.54) is 18.3 Å². The predicted octanol–water partition coefficient (Wildman–Crippen LogP) is 2.48. The largest absolute Gasteiger partial charge is 0.393 e. The van der Waals surface area contributed by atoms with Crippen LogP contribution >= 0.6 is 0 Å². The summed E-state index contributed by atoms with van der Waals surface area (Å²) in [6, 6.07) is 6.47. The number of aromatic nitrogens is 4. The van der Waals surface area contributed by atoms with Crippen LogP contribution in [0.25, 0.3) is 16.9 Å². The number of anilines is 1. The highest BCUT2D eigenvalue weighted by Gasteiger charge is 2.27. The zero-order valence-corrected chi connectivity index (χ0v) is 10.7. The number of hydrogen-bond acceptors (Lipinski definition) is 4. The molecule has 8 heteroatoms. The molecular weight excluding hydrogens is 283 g/mol. The Kier molecular flexibility index (Phi) is 3.00. The Balaban J connectivity index is 1.97. The van der Waals surface area contributed by atoms with Gasteiger partial charge in [0.1, 0.15) is 0 Å². The fraction of sp³-hybridized carbons (Fsp3) is 0.154. The van der Waals surface area contributed by atoms with Gasteiger partial charge >= 0.3 is 6.18 Å². The van der Waals surface area contributed by atoms with Gasteiger partial charge in [-0.1, -0.05) is 6.07 Å². The number of halogens is 3. The maximum Gasteiger partial charge on any atom is 0.393 e. The zero-order chi connectivity index (χ0) is 15.0. The van der Waals surface area contributed by atoms with E-state index in [4.69, 9.17) is 5.73 Å². The topological polar surface area (TPSA) is 69.1 Å². The lowest BCUT2D eigenvalue weighted by atomic mass is 10.2. The quantitative estimate of drug-likeness (QED) is 0.788. The summed E-state index contributed by atoms with van der Waals surface area (Å²) in [5, 5.41) is 4.06. The molecule has 0 aliphatic carbocycles. The Morgan fingerprint density at radius 3 is 2.52 bits per heavy atom. The molecule has 3 aromatic heterocycles. The number of nitrogens with two attached hydrogens (primary N) is 1. The van der Waals surface area contributed by atoms with E-state index in [1.54, 1.807) is 22.8 Å². The van der Waals surface area contributed by atoms with Crippen molar-refractivity contribution >= 4 is 11.5 Å². The van der Waals surface area contributed by atoms with E-state index in [-0.39, 0.29) is 11.5 Å². The number of nitrogen functional groups attached to an aromatic ring is 1. The van der Waals surface area contributed by atoms with Gasteiger partial charge in [-0.15, -0.1) is 5.10 Å². The first-order valence-corrected chi connectivity index (χ1v) is 6.05. The van der Waals surface area contributed by atoms with Gasteiger partial charge < -0.3 is 5.73 Å². The van der Waals surface area contributed by atoms with Crippen molar-refractivity contribution in [3.05, 3.63) is 42.2 Å². The van der Waals surface area contributed by atoms with Crippen molar-refractivity contribution in [2.45, 2.75) is 12.6 Å². The van der Waals surface area contributed by atoms with Crippen molar-refractivity contribution < 1.29 is 13.2 Å². The summed E-state index contributed by atoms with van der Waals surface area (Å²) in [5.41, 5.74) is 7.52. The summed E-state index contributed by atoms with van der Waals surface area (Å²) in [4.78, 5) is 7.93. The molecule has 0 saturated heterocycles. The molecule has 0 atom stereocenters. The van der Waals surface area contributed by atoms with E-state index in [9.17, 15) is 13.2 Å². The first-order chi connectivity index (χ1) is 9.92. The molecule has 3 aromatic rings. The van der Waals surface area contributed by atoms with Crippen LogP contribution in [0.2, 0.25) is 0 Å². The molecule has 0 aliphatic heterocycles. The molecule has 5 nitrogen and oxygen atoms in total. The maximum atomic E-state index is 12.3. The first kappa shape index (κ1) is 13.3. The van der Waals surface area contributed by atoms with E-state index in [1.807, 2.05) is 0 Å². The number of hydrogen-bond donors (Lipinski definition) is 1. The summed E-state index contributed by atoms with van der Waals surface area (Å²) in [6.45, 7) is 0. The van der Waals surface area contributed by atoms with Gasteiger partial charge in [0.05, 0.1) is 29.5 Å². The Bertz CT molecular complexity index is 777. The van der Waals surface area contributed by atoms with Gasteiger partial charge in [-0.05, 0) is 23.8 Å². The molecule has 2 N–H and O–H groups in total. The third kappa shape index (κ3) is 2.78. The van der Waals surface area contributed by atoms with E-state index in [0.29, 0.717) is 11.4 Å². The first-order valence-electron chi connectivity index (χ1n) is 6.05. The monoisotopic (exact) mass is 293 g/mol. The van der Waals surface area contributed by atoms with Crippen molar-refractivity contribution in [3.63, 3.8) is 0 Å². The van der Waals surface area contributed by atoms with Gasteiger partial charge in [0.25, 0.3) is 0 Å².